The zero-order chi connectivity index (χ0) is 94.5. The number of aliphatic hydroxyl groups excluding tert-OH is 1. The number of nitrogens with zero attached hydrogens (tertiary/aromatic N) is 8. The van der Waals surface area contributed by atoms with Crippen molar-refractivity contribution in [2.45, 2.75) is 244 Å². The highest BCUT2D eigenvalue weighted by atomic mass is 16.6. The van der Waals surface area contributed by atoms with Gasteiger partial charge in [-0.2, -0.15) is 5.10 Å². The van der Waals surface area contributed by atoms with Crippen LogP contribution >= 0.6 is 0 Å². The highest BCUT2D eigenvalue weighted by molar-refractivity contribution is 6.39. The maximum Gasteiger partial charge on any atom is 0.329 e. The Kier molecular flexibility index (Phi) is 43.7. The van der Waals surface area contributed by atoms with Crippen LogP contribution in [0.4, 0.5) is 5.82 Å². The van der Waals surface area contributed by atoms with Gasteiger partial charge in [0.2, 0.25) is 17.6 Å². The van der Waals surface area contributed by atoms with Crippen molar-refractivity contribution in [2.24, 2.45) is 41.4 Å². The molecule has 4 fully saturated rings. The third kappa shape index (κ3) is 31.2. The molecule has 10 rings (SSSR count). The van der Waals surface area contributed by atoms with Gasteiger partial charge in [0.1, 0.15) is 59.2 Å². The van der Waals surface area contributed by atoms with Gasteiger partial charge in [-0.15, -0.1) is 5.10 Å². The van der Waals surface area contributed by atoms with Crippen LogP contribution in [-0.4, -0.2) is 297 Å². The zero-order valence-electron chi connectivity index (χ0n) is 79.4. The van der Waals surface area contributed by atoms with E-state index in [4.69, 9.17) is 77.0 Å². The van der Waals surface area contributed by atoms with Gasteiger partial charge in [-0.05, 0) is 164 Å². The van der Waals surface area contributed by atoms with Gasteiger partial charge < -0.3 is 103 Å². The fourth-order valence-corrected chi connectivity index (χ4v) is 18.3. The summed E-state index contributed by atoms with van der Waals surface area (Å²) in [6, 6.07) is 6.70. The number of H-pyrrole nitrogens is 1. The maximum absolute atomic E-state index is 14.8. The number of aliphatic hydroxyl groups is 2. The first kappa shape index (κ1) is 105. The first-order valence-electron chi connectivity index (χ1n) is 47.6. The third-order valence-corrected chi connectivity index (χ3v) is 26.2. The number of nitrogens with two attached hydrogens (primary N) is 1. The number of hydrogen-bond donors (Lipinski definition) is 6. The minimum Gasteiger partial charge on any atom is -0.495 e. The molecule has 1 aromatic carbocycles. The van der Waals surface area contributed by atoms with Crippen LogP contribution in [0.3, 0.4) is 0 Å². The Balaban J connectivity index is 0.539. The Morgan fingerprint density at radius 1 is 0.735 bits per heavy atom. The number of hydrogen-bond acceptors (Lipinski definition) is 29. The number of rotatable bonds is 43. The zero-order valence-corrected chi connectivity index (χ0v) is 79.4. The van der Waals surface area contributed by atoms with Crippen LogP contribution in [-0.2, 0) is 108 Å². The molecule has 3 amide bonds. The van der Waals surface area contributed by atoms with Gasteiger partial charge in [0.05, 0.1) is 147 Å². The summed E-state index contributed by atoms with van der Waals surface area (Å²) in [5.74, 6) is -6.47. The number of ether oxygens (including phenoxy) is 14. The number of nitrogens with one attached hydrogen (secondary N) is 3. The standard InChI is InChI=1S/C97H146N12O23/c1-63-20-13-12-14-21-64(2)81(120-9)59-75-32-26-69(7)97(118,132-75)91(114)95(116)108-37-17-15-24-77(108)96(117)131-82(60-78(110)65(3)55-68(6)89(113)90(122-11)88(112)67(5)54-63)66(4)56-70-27-33-79(83(57-70)121-10)130-39-18-16-23-74-61-107(106-105-74)38-43-126-47-51-129-53-52-127-48-44-123-40-34-84(111)99-35-41-124-45-49-128-50-46-125-42-36-100-94(115)72-30-28-71(29-31-72)93-104-86(87-92(98)101-62-102-109(87)93)76-58-73-22-19-25-80(119-8)85(73)103-76/h12-14,19-22,25,55,58,61-63,65-67,69-72,75,77,79,81-83,89-90,103,113,118H,15-18,23-24,26-54,56-57,59-60H2,1-11H3,(H,99,111)(H,100,115)(H2,98,101,102)/b14-12+,20-13+,64-21+,68-55+/t63-,65-,66-,67-,69-,70+,71?,72?,75+,77+,79-,81+,82+,83-,89-,90+,97-/m1/s1. The van der Waals surface area contributed by atoms with Crippen LogP contribution in [0.2, 0.25) is 0 Å². The Morgan fingerprint density at radius 3 is 2.13 bits per heavy atom. The van der Waals surface area contributed by atoms with E-state index in [0.717, 1.165) is 97.2 Å². The van der Waals surface area contributed by atoms with E-state index in [2.05, 4.69) is 36.0 Å². The molecule has 7 N–H and O–H groups in total. The lowest BCUT2D eigenvalue weighted by Gasteiger charge is -2.42. The van der Waals surface area contributed by atoms with Crippen LogP contribution in [0, 0.1) is 41.4 Å². The molecule has 132 heavy (non-hydrogen) atoms. The number of ketones is 3. The van der Waals surface area contributed by atoms with E-state index in [1.54, 1.807) is 57.4 Å². The molecular formula is C97H146N12O23. The van der Waals surface area contributed by atoms with Crippen LogP contribution in [0.15, 0.2) is 84.4 Å². The summed E-state index contributed by atoms with van der Waals surface area (Å²) in [5.41, 5.74) is 11.5. The average molecular weight is 1850 g/mol. The molecule has 7 heterocycles. The fraction of sp³-hybridized carbons (Fsp3) is 0.691. The highest BCUT2D eigenvalue weighted by Crippen LogP contribution is 2.42. The number of Topliss-reactive ketones (excluding diaryl/α,β-unsaturated/α-hetero) is 3. The van der Waals surface area contributed by atoms with E-state index < -0.39 is 77.8 Å². The Morgan fingerprint density at radius 2 is 1.43 bits per heavy atom. The van der Waals surface area contributed by atoms with Gasteiger partial charge in [0.25, 0.3) is 11.7 Å². The lowest BCUT2D eigenvalue weighted by molar-refractivity contribution is -0.265. The molecule has 15 atom stereocenters. The molecule has 5 aliphatic rings. The third-order valence-electron chi connectivity index (χ3n) is 26.2. The van der Waals surface area contributed by atoms with Crippen molar-refractivity contribution in [3.8, 4) is 17.1 Å². The summed E-state index contributed by atoms with van der Waals surface area (Å²) >= 11 is 0. The van der Waals surface area contributed by atoms with E-state index in [1.165, 1.54) is 18.3 Å². The number of carbonyl (C=O) groups excluding carboxylic acids is 7. The summed E-state index contributed by atoms with van der Waals surface area (Å²) in [5, 5.41) is 43.9. The van der Waals surface area contributed by atoms with Gasteiger partial charge in [0.15, 0.2) is 11.6 Å². The van der Waals surface area contributed by atoms with Crippen LogP contribution in [0.1, 0.15) is 188 Å². The number of amides is 3. The average Bonchev–Trinajstić information content (AvgIpc) is 1.59. The van der Waals surface area contributed by atoms with Crippen molar-refractivity contribution < 1.29 is 110 Å². The number of para-hydroxylation sites is 1. The molecule has 35 nitrogen and oxygen atoms in total. The number of allylic oxidation sites excluding steroid dienone is 6. The number of cyclic esters (lactones) is 1. The lowest BCUT2D eigenvalue weighted by atomic mass is 9.78. The second-order valence-electron chi connectivity index (χ2n) is 35.9. The Hall–Kier alpha value is -8.66. The monoisotopic (exact) mass is 1850 g/mol. The second-order valence-corrected chi connectivity index (χ2v) is 35.9. The van der Waals surface area contributed by atoms with Crippen molar-refractivity contribution in [2.75, 3.05) is 153 Å². The number of esters is 1. The van der Waals surface area contributed by atoms with Gasteiger partial charge in [0, 0.05) is 108 Å². The number of piperidine rings is 1. The number of aromatic amines is 1. The van der Waals surface area contributed by atoms with Crippen LogP contribution < -0.4 is 21.1 Å². The number of unbranched alkanes of at least 4 members (excludes halogenated alkanes) is 1. The van der Waals surface area contributed by atoms with Gasteiger partial charge in [-0.25, -0.2) is 24.0 Å². The van der Waals surface area contributed by atoms with Crippen LogP contribution in [0.25, 0.3) is 27.8 Å². The molecule has 2 aliphatic carbocycles. The minimum atomic E-state index is -2.46. The van der Waals surface area contributed by atoms with Crippen molar-refractivity contribution >= 4 is 63.3 Å². The number of nitrogen functional groups attached to an aromatic ring is 1. The summed E-state index contributed by atoms with van der Waals surface area (Å²) in [6.45, 7) is 19.8. The number of methoxy groups -OCH3 is 4. The molecular weight excluding hydrogens is 1700 g/mol. The molecule has 4 aromatic heterocycles. The van der Waals surface area contributed by atoms with E-state index in [1.807, 2.05) is 88.5 Å². The number of benzene rings is 1. The molecule has 5 aromatic rings. The van der Waals surface area contributed by atoms with E-state index in [0.29, 0.717) is 186 Å². The lowest BCUT2D eigenvalue weighted by Crippen LogP contribution is -2.61. The molecule has 3 aliphatic heterocycles. The number of aromatic nitrogens is 8. The Labute approximate surface area is 776 Å². The predicted octanol–water partition coefficient (Wildman–Crippen LogP) is 9.71. The fourth-order valence-electron chi connectivity index (χ4n) is 18.3. The van der Waals surface area contributed by atoms with E-state index >= 15 is 0 Å². The Bertz CT molecular complexity index is 4560. The second kappa shape index (κ2) is 54.8. The van der Waals surface area contributed by atoms with Crippen molar-refractivity contribution in [3.63, 3.8) is 0 Å². The van der Waals surface area contributed by atoms with Crippen molar-refractivity contribution in [3.05, 3.63) is 95.9 Å². The van der Waals surface area contributed by atoms with Crippen molar-refractivity contribution in [1.82, 2.24) is 55.1 Å². The summed E-state index contributed by atoms with van der Waals surface area (Å²) < 4.78 is 85.4. The minimum absolute atomic E-state index is 0.00701. The van der Waals surface area contributed by atoms with E-state index in [-0.39, 0.29) is 97.6 Å². The van der Waals surface area contributed by atoms with Gasteiger partial charge >= 0.3 is 5.97 Å². The smallest absolute Gasteiger partial charge is 0.329 e. The number of aryl methyl sites for hydroxylation is 1. The highest BCUT2D eigenvalue weighted by Gasteiger charge is 2.53. The topological polar surface area (TPSA) is 432 Å². The molecule has 35 heteroatoms. The molecule has 0 radical (unpaired) electrons. The maximum atomic E-state index is 14.8. The SMILES string of the molecule is COc1cccc2cc(-c3nc(C4CCC(C(=O)NCCOCCOCCOCCNC(=O)CCOCCOCCOCCOCCn5cc(CCCCO[C@@H]6CC[C@@H](C[C@@H](C)[C@@H]7CC(=O)[C@H](C)/C=C(\C)[C@@H](O)[C@@H](OC)C(=O)[C@H](C)C[C@H](C)/C=C/C=C/C=C(\C)[C@@H](OC)C[C@@H]8CC[C@@H](C)[C@@](O)(O8)C(=O)C(=O)N8CCCC[C@H]8C(=O)O7)C[C@H]6OC)nn5)CC4)n4ncnc(N)c34)[nH]c12. The quantitative estimate of drug-likeness (QED) is 0.00914. The number of anilines is 1. The first-order valence-corrected chi connectivity index (χ1v) is 47.6. The summed E-state index contributed by atoms with van der Waals surface area (Å²) in [6.07, 6.45) is 20.7. The molecule has 2 saturated heterocycles. The molecule has 0 unspecified atom stereocenters. The molecule has 2 saturated carbocycles. The largest absolute Gasteiger partial charge is 0.495 e. The normalized spacial score (nSPS) is 27.7. The molecule has 732 valence electrons. The summed E-state index contributed by atoms with van der Waals surface area (Å²) in [4.78, 5) is 112. The molecule has 0 spiro atoms. The number of fused-ring (bicyclic) bond motifs is 5. The number of imidazole rings is 1. The van der Waals surface area contributed by atoms with Gasteiger partial charge in [-0.3, -0.25) is 28.8 Å². The number of carbonyl (C=O) groups is 7. The van der Waals surface area contributed by atoms with Crippen LogP contribution in [0.5, 0.6) is 5.75 Å². The van der Waals surface area contributed by atoms with Gasteiger partial charge in [-0.1, -0.05) is 88.4 Å². The predicted molar refractivity (Wildman–Crippen MR) is 492 cm³/mol. The molecule has 2 bridgehead atoms. The van der Waals surface area contributed by atoms with Crippen molar-refractivity contribution in [1.29, 1.82) is 0 Å². The van der Waals surface area contributed by atoms with E-state index in [9.17, 15) is 43.8 Å². The first-order chi connectivity index (χ1) is 63.8. The summed E-state index contributed by atoms with van der Waals surface area (Å²) in [7, 11) is 6.28.